The molecule has 0 bridgehead atoms. The summed E-state index contributed by atoms with van der Waals surface area (Å²) in [7, 11) is 2.96. The van der Waals surface area contributed by atoms with Crippen molar-refractivity contribution in [3.8, 4) is 22.8 Å². The van der Waals surface area contributed by atoms with Gasteiger partial charge in [-0.1, -0.05) is 41.6 Å². The first kappa shape index (κ1) is 21.7. The van der Waals surface area contributed by atoms with E-state index in [1.807, 2.05) is 66.9 Å². The van der Waals surface area contributed by atoms with Gasteiger partial charge in [0.1, 0.15) is 11.5 Å². The van der Waals surface area contributed by atoms with Crippen molar-refractivity contribution in [1.29, 1.82) is 0 Å². The van der Waals surface area contributed by atoms with Crippen molar-refractivity contribution >= 4 is 17.7 Å². The number of ether oxygens (including phenoxy) is 2. The van der Waals surface area contributed by atoms with E-state index in [4.69, 9.17) is 13.9 Å². The summed E-state index contributed by atoms with van der Waals surface area (Å²) in [5.41, 5.74) is 2.94. The fourth-order valence-electron chi connectivity index (χ4n) is 3.27. The Morgan fingerprint density at radius 3 is 2.50 bits per heavy atom. The number of aromatic nitrogens is 3. The van der Waals surface area contributed by atoms with Crippen molar-refractivity contribution in [3.05, 3.63) is 77.7 Å². The predicted octanol–water partition coefficient (Wildman–Crippen LogP) is 5.48. The Bertz CT molecular complexity index is 1230. The Balaban J connectivity index is 1.75. The van der Waals surface area contributed by atoms with E-state index in [2.05, 4.69) is 10.2 Å². The molecule has 0 aliphatic carbocycles. The second-order valence-electron chi connectivity index (χ2n) is 7.13. The van der Waals surface area contributed by atoms with Gasteiger partial charge in [-0.25, -0.2) is 4.79 Å². The lowest BCUT2D eigenvalue weighted by Gasteiger charge is -2.14. The lowest BCUT2D eigenvalue weighted by Crippen LogP contribution is -2.02. The van der Waals surface area contributed by atoms with Gasteiger partial charge in [-0.15, -0.1) is 10.2 Å². The van der Waals surface area contributed by atoms with Crippen LogP contribution in [0.5, 0.6) is 5.75 Å². The summed E-state index contributed by atoms with van der Waals surface area (Å²) < 4.78 is 18.0. The Labute approximate surface area is 190 Å². The molecule has 0 saturated carbocycles. The molecule has 4 aromatic rings. The molecule has 8 heteroatoms. The van der Waals surface area contributed by atoms with Crippen LogP contribution in [-0.2, 0) is 4.74 Å². The van der Waals surface area contributed by atoms with Crippen molar-refractivity contribution in [3.63, 3.8) is 0 Å². The molecular weight excluding hydrogens is 426 g/mol. The first-order valence-electron chi connectivity index (χ1n) is 10.0. The SMILES string of the molecule is COC(=O)c1ccc(C(C)Sc2nnc(-c3ccccc3OC)n2-c2ccc(C)cc2)o1. The summed E-state index contributed by atoms with van der Waals surface area (Å²) in [5.74, 6) is 1.70. The van der Waals surface area contributed by atoms with Gasteiger partial charge in [-0.05, 0) is 50.2 Å². The van der Waals surface area contributed by atoms with E-state index in [0.29, 0.717) is 22.5 Å². The Morgan fingerprint density at radius 2 is 1.78 bits per heavy atom. The number of furan rings is 1. The summed E-state index contributed by atoms with van der Waals surface area (Å²) in [6.07, 6.45) is 0. The van der Waals surface area contributed by atoms with Gasteiger partial charge in [0.15, 0.2) is 11.0 Å². The van der Waals surface area contributed by atoms with Crippen LogP contribution in [0.2, 0.25) is 0 Å². The third-order valence-electron chi connectivity index (χ3n) is 4.97. The Kier molecular flexibility index (Phi) is 6.32. The smallest absolute Gasteiger partial charge is 0.373 e. The van der Waals surface area contributed by atoms with Gasteiger partial charge in [-0.3, -0.25) is 4.57 Å². The molecular formula is C24H23N3O4S. The van der Waals surface area contributed by atoms with Crippen LogP contribution < -0.4 is 4.74 Å². The number of nitrogens with zero attached hydrogens (tertiary/aromatic N) is 3. The van der Waals surface area contributed by atoms with Crippen LogP contribution >= 0.6 is 11.8 Å². The quantitative estimate of drug-likeness (QED) is 0.273. The molecule has 0 aliphatic heterocycles. The lowest BCUT2D eigenvalue weighted by molar-refractivity contribution is 0.0563. The number of aryl methyl sites for hydroxylation is 1. The molecule has 0 amide bonds. The van der Waals surface area contributed by atoms with Crippen LogP contribution in [0.25, 0.3) is 17.1 Å². The van der Waals surface area contributed by atoms with Gasteiger partial charge in [0, 0.05) is 5.69 Å². The minimum absolute atomic E-state index is 0.118. The molecule has 164 valence electrons. The number of benzene rings is 2. The van der Waals surface area contributed by atoms with E-state index in [1.165, 1.54) is 18.9 Å². The number of carbonyl (C=O) groups excluding carboxylic acids is 1. The number of carbonyl (C=O) groups is 1. The second-order valence-corrected chi connectivity index (χ2v) is 8.44. The highest BCUT2D eigenvalue weighted by Crippen LogP contribution is 2.39. The maximum Gasteiger partial charge on any atom is 0.373 e. The van der Waals surface area contributed by atoms with Gasteiger partial charge in [0.2, 0.25) is 5.76 Å². The zero-order chi connectivity index (χ0) is 22.7. The minimum Gasteiger partial charge on any atom is -0.496 e. The van der Waals surface area contributed by atoms with Gasteiger partial charge >= 0.3 is 5.97 Å². The predicted molar refractivity (Wildman–Crippen MR) is 122 cm³/mol. The molecule has 1 atom stereocenters. The molecule has 4 rings (SSSR count). The highest BCUT2D eigenvalue weighted by Gasteiger charge is 2.23. The molecule has 32 heavy (non-hydrogen) atoms. The standard InChI is InChI=1S/C24H23N3O4S/c1-15-9-11-17(12-10-15)27-22(18-7-5-6-8-20(18)29-3)25-26-24(27)32-16(2)19-13-14-21(31-19)23(28)30-4/h5-14,16H,1-4H3. The Hall–Kier alpha value is -3.52. The third kappa shape index (κ3) is 4.27. The van der Waals surface area contributed by atoms with Crippen LogP contribution in [0.4, 0.5) is 0 Å². The average molecular weight is 450 g/mol. The topological polar surface area (TPSA) is 79.4 Å². The summed E-state index contributed by atoms with van der Waals surface area (Å²) in [5, 5.41) is 9.55. The second kappa shape index (κ2) is 9.32. The summed E-state index contributed by atoms with van der Waals surface area (Å²) in [6, 6.07) is 19.3. The number of thioether (sulfide) groups is 1. The monoisotopic (exact) mass is 449 g/mol. The maximum absolute atomic E-state index is 11.7. The van der Waals surface area contributed by atoms with Crippen LogP contribution in [0.15, 0.2) is 70.2 Å². The van der Waals surface area contributed by atoms with Gasteiger partial charge in [0.25, 0.3) is 0 Å². The normalized spacial score (nSPS) is 11.9. The first-order chi connectivity index (χ1) is 15.5. The summed E-state index contributed by atoms with van der Waals surface area (Å²) in [4.78, 5) is 11.7. The highest BCUT2D eigenvalue weighted by molar-refractivity contribution is 7.99. The zero-order valence-corrected chi connectivity index (χ0v) is 19.1. The number of hydrogen-bond acceptors (Lipinski definition) is 7. The van der Waals surface area contributed by atoms with Gasteiger partial charge < -0.3 is 13.9 Å². The van der Waals surface area contributed by atoms with Crippen molar-refractivity contribution in [2.24, 2.45) is 0 Å². The molecule has 0 aliphatic rings. The highest BCUT2D eigenvalue weighted by atomic mass is 32.2. The number of hydrogen-bond donors (Lipinski definition) is 0. The number of esters is 1. The van der Waals surface area contributed by atoms with Crippen molar-refractivity contribution in [2.75, 3.05) is 14.2 Å². The van der Waals surface area contributed by atoms with Crippen molar-refractivity contribution in [2.45, 2.75) is 24.3 Å². The fraction of sp³-hybridized carbons (Fsp3) is 0.208. The molecule has 0 radical (unpaired) electrons. The molecule has 1 unspecified atom stereocenters. The molecule has 2 aromatic carbocycles. The molecule has 2 heterocycles. The van der Waals surface area contributed by atoms with E-state index in [-0.39, 0.29) is 11.0 Å². The molecule has 0 fully saturated rings. The van der Waals surface area contributed by atoms with Crippen LogP contribution in [-0.4, -0.2) is 35.0 Å². The van der Waals surface area contributed by atoms with Crippen LogP contribution in [0.3, 0.4) is 0 Å². The number of para-hydroxylation sites is 1. The molecule has 0 spiro atoms. The van der Waals surface area contributed by atoms with E-state index in [9.17, 15) is 4.79 Å². The maximum atomic E-state index is 11.7. The van der Waals surface area contributed by atoms with E-state index >= 15 is 0 Å². The fourth-order valence-corrected chi connectivity index (χ4v) is 4.22. The summed E-state index contributed by atoms with van der Waals surface area (Å²) in [6.45, 7) is 4.03. The van der Waals surface area contributed by atoms with E-state index in [1.54, 1.807) is 19.2 Å². The van der Waals surface area contributed by atoms with Gasteiger partial charge in [0.05, 0.1) is 25.0 Å². The van der Waals surface area contributed by atoms with Crippen LogP contribution in [0.1, 0.15) is 34.1 Å². The number of rotatable bonds is 7. The lowest BCUT2D eigenvalue weighted by atomic mass is 10.1. The molecule has 0 N–H and O–H groups in total. The van der Waals surface area contributed by atoms with Crippen molar-refractivity contribution < 1.29 is 18.7 Å². The Morgan fingerprint density at radius 1 is 1.03 bits per heavy atom. The van der Waals surface area contributed by atoms with Crippen LogP contribution in [0, 0.1) is 6.92 Å². The first-order valence-corrected chi connectivity index (χ1v) is 10.9. The van der Waals surface area contributed by atoms with Gasteiger partial charge in [-0.2, -0.15) is 0 Å². The summed E-state index contributed by atoms with van der Waals surface area (Å²) >= 11 is 1.49. The van der Waals surface area contributed by atoms with E-state index < -0.39 is 5.97 Å². The average Bonchev–Trinajstić information content (AvgIpc) is 3.47. The number of methoxy groups -OCH3 is 2. The largest absolute Gasteiger partial charge is 0.496 e. The minimum atomic E-state index is -0.505. The third-order valence-corrected chi connectivity index (χ3v) is 6.03. The molecule has 2 aromatic heterocycles. The van der Waals surface area contributed by atoms with Crippen molar-refractivity contribution in [1.82, 2.24) is 14.8 Å². The van der Waals surface area contributed by atoms with E-state index in [0.717, 1.165) is 16.8 Å². The molecule has 7 nitrogen and oxygen atoms in total. The molecule has 0 saturated heterocycles. The zero-order valence-electron chi connectivity index (χ0n) is 18.2.